The van der Waals surface area contributed by atoms with Gasteiger partial charge in [-0.25, -0.2) is 12.8 Å². The van der Waals surface area contributed by atoms with Crippen LogP contribution in [0.15, 0.2) is 42.5 Å². The van der Waals surface area contributed by atoms with Crippen molar-refractivity contribution in [3.63, 3.8) is 0 Å². The molecule has 0 aliphatic heterocycles. The van der Waals surface area contributed by atoms with E-state index in [1.807, 2.05) is 31.2 Å². The van der Waals surface area contributed by atoms with Gasteiger partial charge in [-0.1, -0.05) is 41.4 Å². The van der Waals surface area contributed by atoms with E-state index in [1.54, 1.807) is 0 Å². The summed E-state index contributed by atoms with van der Waals surface area (Å²) in [6, 6.07) is 11.4. The number of rotatable bonds is 7. The summed E-state index contributed by atoms with van der Waals surface area (Å²) in [5, 5.41) is 2.48. The van der Waals surface area contributed by atoms with Gasteiger partial charge in [-0.2, -0.15) is 4.31 Å². The van der Waals surface area contributed by atoms with E-state index in [-0.39, 0.29) is 30.4 Å². The van der Waals surface area contributed by atoms with Gasteiger partial charge in [-0.15, -0.1) is 0 Å². The predicted octanol–water partition coefficient (Wildman–Crippen LogP) is 3.58. The zero-order valence-electron chi connectivity index (χ0n) is 14.5. The van der Waals surface area contributed by atoms with Crippen molar-refractivity contribution in [2.45, 2.75) is 19.9 Å². The Morgan fingerprint density at radius 2 is 1.85 bits per heavy atom. The number of anilines is 1. The van der Waals surface area contributed by atoms with Crippen molar-refractivity contribution >= 4 is 33.2 Å². The molecule has 0 fully saturated rings. The van der Waals surface area contributed by atoms with E-state index in [9.17, 15) is 17.6 Å². The summed E-state index contributed by atoms with van der Waals surface area (Å²) in [7, 11) is -3.47. The lowest BCUT2D eigenvalue weighted by atomic mass is 10.1. The molecule has 0 aromatic heterocycles. The number of halogens is 2. The highest BCUT2D eigenvalue weighted by molar-refractivity contribution is 7.88. The average Bonchev–Trinajstić information content (AvgIpc) is 2.55. The number of sulfonamides is 1. The first kappa shape index (κ1) is 20.4. The first-order chi connectivity index (χ1) is 12.1. The van der Waals surface area contributed by atoms with Gasteiger partial charge in [0.25, 0.3) is 0 Å². The van der Waals surface area contributed by atoms with Crippen LogP contribution in [0.2, 0.25) is 5.02 Å². The second kappa shape index (κ2) is 8.62. The Kier molecular flexibility index (Phi) is 6.75. The molecule has 140 valence electrons. The van der Waals surface area contributed by atoms with Crippen molar-refractivity contribution in [3.8, 4) is 0 Å². The maximum Gasteiger partial charge on any atom is 0.225 e. The minimum Gasteiger partial charge on any atom is -0.326 e. The van der Waals surface area contributed by atoms with Gasteiger partial charge in [-0.3, -0.25) is 4.79 Å². The molecule has 0 saturated heterocycles. The van der Waals surface area contributed by atoms with Crippen LogP contribution < -0.4 is 5.32 Å². The van der Waals surface area contributed by atoms with E-state index in [4.69, 9.17) is 11.6 Å². The molecule has 2 aromatic rings. The highest BCUT2D eigenvalue weighted by Gasteiger charge is 2.18. The van der Waals surface area contributed by atoms with Crippen molar-refractivity contribution in [2.24, 2.45) is 0 Å². The standard InChI is InChI=1S/C18H20ClFN2O3S/c1-13-3-5-14(6-4-13)12-22(26(2,24)25)10-9-18(23)21-15-7-8-17(20)16(19)11-15/h3-8,11H,9-10,12H2,1-2H3,(H,21,23). The number of nitrogens with zero attached hydrogens (tertiary/aromatic N) is 1. The molecule has 0 aliphatic rings. The molecule has 0 saturated carbocycles. The van der Waals surface area contributed by atoms with Crippen LogP contribution in [0.3, 0.4) is 0 Å². The zero-order valence-corrected chi connectivity index (χ0v) is 16.1. The number of hydrogen-bond donors (Lipinski definition) is 1. The van der Waals surface area contributed by atoms with Gasteiger partial charge in [0.2, 0.25) is 15.9 Å². The molecule has 1 amide bonds. The number of benzene rings is 2. The van der Waals surface area contributed by atoms with Crippen molar-refractivity contribution < 1.29 is 17.6 Å². The lowest BCUT2D eigenvalue weighted by Crippen LogP contribution is -2.32. The first-order valence-electron chi connectivity index (χ1n) is 7.91. The first-order valence-corrected chi connectivity index (χ1v) is 10.1. The molecule has 0 spiro atoms. The van der Waals surface area contributed by atoms with Crippen LogP contribution in [-0.2, 0) is 21.4 Å². The van der Waals surface area contributed by atoms with Gasteiger partial charge >= 0.3 is 0 Å². The monoisotopic (exact) mass is 398 g/mol. The second-order valence-corrected chi connectivity index (χ2v) is 8.40. The topological polar surface area (TPSA) is 66.5 Å². The van der Waals surface area contributed by atoms with Crippen LogP contribution in [0.1, 0.15) is 17.5 Å². The minimum absolute atomic E-state index is 0.0338. The molecule has 0 bridgehead atoms. The van der Waals surface area contributed by atoms with Crippen LogP contribution in [0.4, 0.5) is 10.1 Å². The third-order valence-corrected chi connectivity index (χ3v) is 5.28. The maximum absolute atomic E-state index is 13.1. The van der Waals surface area contributed by atoms with Crippen LogP contribution in [0, 0.1) is 12.7 Å². The van der Waals surface area contributed by atoms with Crippen molar-refractivity contribution in [1.29, 1.82) is 0 Å². The SMILES string of the molecule is Cc1ccc(CN(CCC(=O)Nc2ccc(F)c(Cl)c2)S(C)(=O)=O)cc1. The van der Waals surface area contributed by atoms with E-state index in [0.717, 1.165) is 23.4 Å². The number of carbonyl (C=O) groups excluding carboxylic acids is 1. The normalized spacial score (nSPS) is 11.6. The van der Waals surface area contributed by atoms with Crippen LogP contribution in [0.25, 0.3) is 0 Å². The number of hydrogen-bond acceptors (Lipinski definition) is 3. The van der Waals surface area contributed by atoms with Gasteiger partial charge in [0.1, 0.15) is 5.82 Å². The Bertz CT molecular complexity index is 886. The van der Waals surface area contributed by atoms with Crippen LogP contribution >= 0.6 is 11.6 Å². The third-order valence-electron chi connectivity index (χ3n) is 3.74. The van der Waals surface area contributed by atoms with Crippen molar-refractivity contribution in [2.75, 3.05) is 18.1 Å². The molecule has 0 radical (unpaired) electrons. The van der Waals surface area contributed by atoms with Crippen LogP contribution in [0.5, 0.6) is 0 Å². The van der Waals surface area contributed by atoms with Gasteiger partial charge in [0, 0.05) is 25.2 Å². The number of amides is 1. The third kappa shape index (κ3) is 6.09. The summed E-state index contributed by atoms with van der Waals surface area (Å²) in [5.41, 5.74) is 2.27. The highest BCUT2D eigenvalue weighted by Crippen LogP contribution is 2.19. The fourth-order valence-corrected chi connectivity index (χ4v) is 3.27. The number of carbonyl (C=O) groups is 1. The fourth-order valence-electron chi connectivity index (χ4n) is 2.28. The Hall–Kier alpha value is -1.96. The second-order valence-electron chi connectivity index (χ2n) is 6.01. The average molecular weight is 399 g/mol. The smallest absolute Gasteiger partial charge is 0.225 e. The highest BCUT2D eigenvalue weighted by atomic mass is 35.5. The number of nitrogens with one attached hydrogen (secondary N) is 1. The minimum atomic E-state index is -3.47. The summed E-state index contributed by atoms with van der Waals surface area (Å²) in [4.78, 5) is 12.1. The Labute approximate surface area is 157 Å². The molecule has 8 heteroatoms. The quantitative estimate of drug-likeness (QED) is 0.775. The summed E-state index contributed by atoms with van der Waals surface area (Å²) in [5.74, 6) is -0.962. The molecule has 0 atom stereocenters. The lowest BCUT2D eigenvalue weighted by Gasteiger charge is -2.20. The van der Waals surface area contributed by atoms with E-state index < -0.39 is 15.8 Å². The van der Waals surface area contributed by atoms with Gasteiger partial charge in [0.15, 0.2) is 0 Å². The maximum atomic E-state index is 13.1. The Balaban J connectivity index is 1.98. The van der Waals surface area contributed by atoms with Gasteiger partial charge in [-0.05, 0) is 30.7 Å². The summed E-state index contributed by atoms with van der Waals surface area (Å²) in [6.07, 6.45) is 1.08. The van der Waals surface area contributed by atoms with E-state index in [1.165, 1.54) is 16.4 Å². The number of aryl methyl sites for hydroxylation is 1. The summed E-state index contributed by atoms with van der Waals surface area (Å²) < 4.78 is 38.4. The molecule has 0 unspecified atom stereocenters. The van der Waals surface area contributed by atoms with Gasteiger partial charge < -0.3 is 5.32 Å². The molecule has 0 aliphatic carbocycles. The van der Waals surface area contributed by atoms with E-state index in [2.05, 4.69) is 5.32 Å². The predicted molar refractivity (Wildman–Crippen MR) is 101 cm³/mol. The zero-order chi connectivity index (χ0) is 19.3. The van der Waals surface area contributed by atoms with E-state index in [0.29, 0.717) is 5.69 Å². The molecular weight excluding hydrogens is 379 g/mol. The lowest BCUT2D eigenvalue weighted by molar-refractivity contribution is -0.116. The molecule has 2 rings (SSSR count). The molecule has 2 aromatic carbocycles. The molecular formula is C18H20ClFN2O3S. The van der Waals surface area contributed by atoms with Crippen molar-refractivity contribution in [1.82, 2.24) is 4.31 Å². The Morgan fingerprint density at radius 3 is 2.42 bits per heavy atom. The fraction of sp³-hybridized carbons (Fsp3) is 0.278. The molecule has 1 N–H and O–H groups in total. The molecule has 5 nitrogen and oxygen atoms in total. The van der Waals surface area contributed by atoms with Gasteiger partial charge in [0.05, 0.1) is 11.3 Å². The van der Waals surface area contributed by atoms with Crippen LogP contribution in [-0.4, -0.2) is 31.4 Å². The molecule has 26 heavy (non-hydrogen) atoms. The summed E-state index contributed by atoms with van der Waals surface area (Å²) in [6.45, 7) is 2.17. The molecule has 0 heterocycles. The largest absolute Gasteiger partial charge is 0.326 e. The summed E-state index contributed by atoms with van der Waals surface area (Å²) >= 11 is 5.67. The van der Waals surface area contributed by atoms with E-state index >= 15 is 0 Å². The Morgan fingerprint density at radius 1 is 1.19 bits per heavy atom. The van der Waals surface area contributed by atoms with Crippen molar-refractivity contribution in [3.05, 3.63) is 64.4 Å².